The molecule has 0 fully saturated rings. The third-order valence-electron chi connectivity index (χ3n) is 2.00. The molecule has 92 valence electrons. The minimum Gasteiger partial charge on any atom is -0.481 e. The van der Waals surface area contributed by atoms with Gasteiger partial charge in [-0.3, -0.25) is 9.59 Å². The minimum atomic E-state index is -0.951. The first-order chi connectivity index (χ1) is 7.99. The second kappa shape index (κ2) is 6.34. The van der Waals surface area contributed by atoms with E-state index in [1.807, 2.05) is 0 Å². The average Bonchev–Trinajstić information content (AvgIpc) is 2.21. The van der Waals surface area contributed by atoms with Gasteiger partial charge in [-0.1, -0.05) is 15.9 Å². The summed E-state index contributed by atoms with van der Waals surface area (Å²) in [7, 11) is 0. The van der Waals surface area contributed by atoms with Crippen molar-refractivity contribution in [1.82, 2.24) is 0 Å². The third-order valence-corrected chi connectivity index (χ3v) is 2.49. The highest BCUT2D eigenvalue weighted by atomic mass is 79.9. The Morgan fingerprint density at radius 3 is 2.65 bits per heavy atom. The Hall–Kier alpha value is -1.43. The highest BCUT2D eigenvalue weighted by Crippen LogP contribution is 2.19. The van der Waals surface area contributed by atoms with Crippen LogP contribution in [0.15, 0.2) is 22.7 Å². The van der Waals surface area contributed by atoms with Gasteiger partial charge in [0.15, 0.2) is 0 Å². The van der Waals surface area contributed by atoms with Crippen LogP contribution in [0.1, 0.15) is 19.3 Å². The Labute approximate surface area is 106 Å². The standard InChI is InChI=1S/C11H11BrFNO3/c12-7-4-5-9(8(13)6-7)14-10(15)2-1-3-11(16)17/h4-6H,1-3H2,(H,14,15)(H,16,17). The molecule has 1 aromatic carbocycles. The molecule has 0 saturated heterocycles. The van der Waals surface area contributed by atoms with Crippen LogP contribution < -0.4 is 5.32 Å². The molecule has 0 radical (unpaired) electrons. The van der Waals surface area contributed by atoms with E-state index in [4.69, 9.17) is 5.11 Å². The van der Waals surface area contributed by atoms with Crippen LogP contribution in [0.5, 0.6) is 0 Å². The number of halogens is 2. The van der Waals surface area contributed by atoms with Gasteiger partial charge in [-0.25, -0.2) is 4.39 Å². The van der Waals surface area contributed by atoms with E-state index < -0.39 is 17.7 Å². The highest BCUT2D eigenvalue weighted by Gasteiger charge is 2.08. The van der Waals surface area contributed by atoms with Crippen molar-refractivity contribution in [2.45, 2.75) is 19.3 Å². The molecule has 1 rings (SSSR count). The summed E-state index contributed by atoms with van der Waals surface area (Å²) in [4.78, 5) is 21.6. The van der Waals surface area contributed by atoms with Crippen molar-refractivity contribution in [1.29, 1.82) is 0 Å². The summed E-state index contributed by atoms with van der Waals surface area (Å²) in [6.07, 6.45) is 0.220. The number of carbonyl (C=O) groups excluding carboxylic acids is 1. The molecule has 0 saturated carbocycles. The quantitative estimate of drug-likeness (QED) is 0.879. The summed E-state index contributed by atoms with van der Waals surface area (Å²) in [6.45, 7) is 0. The normalized spacial score (nSPS) is 10.0. The van der Waals surface area contributed by atoms with Crippen molar-refractivity contribution < 1.29 is 19.1 Å². The van der Waals surface area contributed by atoms with E-state index in [0.29, 0.717) is 4.47 Å². The lowest BCUT2D eigenvalue weighted by atomic mass is 10.2. The number of aliphatic carboxylic acids is 1. The van der Waals surface area contributed by atoms with E-state index in [0.717, 1.165) is 0 Å². The van der Waals surface area contributed by atoms with E-state index in [9.17, 15) is 14.0 Å². The SMILES string of the molecule is O=C(O)CCCC(=O)Nc1ccc(Br)cc1F. The predicted molar refractivity (Wildman–Crippen MR) is 64.2 cm³/mol. The minimum absolute atomic E-state index is 0.0573. The third kappa shape index (κ3) is 4.95. The number of benzene rings is 1. The Balaban J connectivity index is 2.48. The molecule has 1 amide bonds. The van der Waals surface area contributed by atoms with Crippen LogP contribution >= 0.6 is 15.9 Å². The number of nitrogens with one attached hydrogen (secondary N) is 1. The molecule has 6 heteroatoms. The van der Waals surface area contributed by atoms with Gasteiger partial charge in [0.2, 0.25) is 5.91 Å². The zero-order chi connectivity index (χ0) is 12.8. The van der Waals surface area contributed by atoms with Crippen LogP contribution in [0.3, 0.4) is 0 Å². The number of amides is 1. The van der Waals surface area contributed by atoms with Gasteiger partial charge in [0.1, 0.15) is 5.82 Å². The number of carboxylic acids is 1. The van der Waals surface area contributed by atoms with E-state index >= 15 is 0 Å². The van der Waals surface area contributed by atoms with Gasteiger partial charge in [0.25, 0.3) is 0 Å². The number of hydrogen-bond donors (Lipinski definition) is 2. The van der Waals surface area contributed by atoms with Crippen molar-refractivity contribution in [3.8, 4) is 0 Å². The second-order valence-corrected chi connectivity index (χ2v) is 4.34. The molecule has 0 aliphatic rings. The lowest BCUT2D eigenvalue weighted by Gasteiger charge is -2.06. The largest absolute Gasteiger partial charge is 0.481 e. The van der Waals surface area contributed by atoms with E-state index in [1.54, 1.807) is 6.07 Å². The van der Waals surface area contributed by atoms with Crippen LogP contribution in [0.4, 0.5) is 10.1 Å². The molecule has 0 spiro atoms. The van der Waals surface area contributed by atoms with Crippen LogP contribution in [-0.4, -0.2) is 17.0 Å². The molecule has 0 unspecified atom stereocenters. The summed E-state index contributed by atoms with van der Waals surface area (Å²) >= 11 is 3.10. The summed E-state index contributed by atoms with van der Waals surface area (Å²) in [5.41, 5.74) is 0.0912. The first-order valence-electron chi connectivity index (χ1n) is 4.95. The second-order valence-electron chi connectivity index (χ2n) is 3.42. The maximum atomic E-state index is 13.3. The molecule has 2 N–H and O–H groups in total. The van der Waals surface area contributed by atoms with Crippen molar-refractivity contribution in [2.75, 3.05) is 5.32 Å². The lowest BCUT2D eigenvalue weighted by Crippen LogP contribution is -2.12. The summed E-state index contributed by atoms with van der Waals surface area (Å²) < 4.78 is 13.9. The number of carboxylic acid groups (broad SMARTS) is 1. The van der Waals surface area contributed by atoms with Crippen molar-refractivity contribution in [2.24, 2.45) is 0 Å². The Kier molecular flexibility index (Phi) is 5.09. The number of carbonyl (C=O) groups is 2. The van der Waals surface area contributed by atoms with Crippen LogP contribution in [0.25, 0.3) is 0 Å². The molecule has 1 aromatic rings. The molecule has 17 heavy (non-hydrogen) atoms. The van der Waals surface area contributed by atoms with E-state index in [-0.39, 0.29) is 24.9 Å². The van der Waals surface area contributed by atoms with Crippen LogP contribution in [0.2, 0.25) is 0 Å². The molecular formula is C11H11BrFNO3. The molecule has 0 aliphatic carbocycles. The fraction of sp³-hybridized carbons (Fsp3) is 0.273. The molecular weight excluding hydrogens is 293 g/mol. The van der Waals surface area contributed by atoms with Crippen molar-refractivity contribution >= 4 is 33.5 Å². The lowest BCUT2D eigenvalue weighted by molar-refractivity contribution is -0.137. The smallest absolute Gasteiger partial charge is 0.303 e. The molecule has 0 aliphatic heterocycles. The molecule has 0 atom stereocenters. The van der Waals surface area contributed by atoms with Gasteiger partial charge in [-0.05, 0) is 24.6 Å². The molecule has 4 nitrogen and oxygen atoms in total. The Morgan fingerprint density at radius 1 is 1.35 bits per heavy atom. The fourth-order valence-corrected chi connectivity index (χ4v) is 1.54. The number of anilines is 1. The van der Waals surface area contributed by atoms with Crippen LogP contribution in [-0.2, 0) is 9.59 Å². The zero-order valence-electron chi connectivity index (χ0n) is 8.87. The van der Waals surface area contributed by atoms with Gasteiger partial charge < -0.3 is 10.4 Å². The average molecular weight is 304 g/mol. The first kappa shape index (κ1) is 13.6. The maximum absolute atomic E-state index is 13.3. The maximum Gasteiger partial charge on any atom is 0.303 e. The Bertz CT molecular complexity index is 437. The summed E-state index contributed by atoms with van der Waals surface area (Å²) in [6, 6.07) is 4.29. The van der Waals surface area contributed by atoms with Crippen molar-refractivity contribution in [3.05, 3.63) is 28.5 Å². The predicted octanol–water partition coefficient (Wildman–Crippen LogP) is 2.78. The van der Waals surface area contributed by atoms with E-state index in [2.05, 4.69) is 21.2 Å². The van der Waals surface area contributed by atoms with Gasteiger partial charge in [0, 0.05) is 17.3 Å². The monoisotopic (exact) mass is 303 g/mol. The highest BCUT2D eigenvalue weighted by molar-refractivity contribution is 9.10. The van der Waals surface area contributed by atoms with Gasteiger partial charge in [-0.2, -0.15) is 0 Å². The summed E-state index contributed by atoms with van der Waals surface area (Å²) in [5, 5.41) is 10.8. The molecule has 0 aromatic heterocycles. The Morgan fingerprint density at radius 2 is 2.06 bits per heavy atom. The fourth-order valence-electron chi connectivity index (χ4n) is 1.20. The molecule has 0 bridgehead atoms. The number of rotatable bonds is 5. The van der Waals surface area contributed by atoms with E-state index in [1.165, 1.54) is 12.1 Å². The van der Waals surface area contributed by atoms with Crippen molar-refractivity contribution in [3.63, 3.8) is 0 Å². The zero-order valence-corrected chi connectivity index (χ0v) is 10.5. The van der Waals surface area contributed by atoms with Gasteiger partial charge >= 0.3 is 5.97 Å². The van der Waals surface area contributed by atoms with Gasteiger partial charge in [-0.15, -0.1) is 0 Å². The topological polar surface area (TPSA) is 66.4 Å². The number of hydrogen-bond acceptors (Lipinski definition) is 2. The molecule has 0 heterocycles. The first-order valence-corrected chi connectivity index (χ1v) is 5.75. The van der Waals surface area contributed by atoms with Crippen LogP contribution in [0, 0.1) is 5.82 Å². The van der Waals surface area contributed by atoms with Gasteiger partial charge in [0.05, 0.1) is 5.69 Å². The summed E-state index contributed by atoms with van der Waals surface area (Å²) in [5.74, 6) is -1.88.